The minimum atomic E-state index is -0.178. The maximum absolute atomic E-state index is 13.2. The van der Waals surface area contributed by atoms with Gasteiger partial charge in [0.1, 0.15) is 5.65 Å². The van der Waals surface area contributed by atoms with Crippen molar-refractivity contribution in [2.75, 3.05) is 31.3 Å². The van der Waals surface area contributed by atoms with Crippen molar-refractivity contribution in [1.82, 2.24) is 24.3 Å². The van der Waals surface area contributed by atoms with Gasteiger partial charge in [-0.2, -0.15) is 0 Å². The number of rotatable bonds is 9. The molecule has 0 saturated carbocycles. The molecule has 0 spiro atoms. The summed E-state index contributed by atoms with van der Waals surface area (Å²) in [4.78, 5) is 29.7. The summed E-state index contributed by atoms with van der Waals surface area (Å²) >= 11 is 0. The second kappa shape index (κ2) is 12.3. The molecular formula is C35H33N7O. The summed E-state index contributed by atoms with van der Waals surface area (Å²) in [5, 5.41) is 6.37. The van der Waals surface area contributed by atoms with E-state index in [4.69, 9.17) is 9.97 Å². The van der Waals surface area contributed by atoms with Crippen LogP contribution in [-0.4, -0.2) is 50.8 Å². The first kappa shape index (κ1) is 27.8. The van der Waals surface area contributed by atoms with Crippen LogP contribution >= 0.6 is 0 Å². The second-order valence-electron chi connectivity index (χ2n) is 10.7. The number of imidazole rings is 1. The smallest absolute Gasteiger partial charge is 0.255 e. The van der Waals surface area contributed by atoms with Gasteiger partial charge < -0.3 is 15.5 Å². The number of para-hydroxylation sites is 1. The lowest BCUT2D eigenvalue weighted by Gasteiger charge is -2.11. The minimum absolute atomic E-state index is 0.178. The van der Waals surface area contributed by atoms with Crippen LogP contribution in [-0.2, 0) is 6.42 Å². The van der Waals surface area contributed by atoms with E-state index in [0.29, 0.717) is 17.2 Å². The van der Waals surface area contributed by atoms with Crippen molar-refractivity contribution in [2.45, 2.75) is 13.3 Å². The SMILES string of the molecule is Cc1ccccc1NC(=O)c1cccc(-c2nc3ccccn3c2-c2ccnc(Nc3ccc(CCN(C)C)cc3)n2)c1. The summed E-state index contributed by atoms with van der Waals surface area (Å²) in [5.74, 6) is 0.310. The number of aryl methyl sites for hydroxylation is 1. The van der Waals surface area contributed by atoms with Crippen LogP contribution in [0.1, 0.15) is 21.5 Å². The van der Waals surface area contributed by atoms with Crippen LogP contribution in [0.2, 0.25) is 0 Å². The third kappa shape index (κ3) is 6.29. The number of nitrogens with zero attached hydrogens (tertiary/aromatic N) is 5. The average Bonchev–Trinajstić information content (AvgIpc) is 3.42. The molecule has 214 valence electrons. The number of nitrogens with one attached hydrogen (secondary N) is 2. The van der Waals surface area contributed by atoms with E-state index in [2.05, 4.69) is 46.7 Å². The van der Waals surface area contributed by atoms with E-state index in [1.807, 2.05) is 102 Å². The van der Waals surface area contributed by atoms with Gasteiger partial charge in [0.25, 0.3) is 5.91 Å². The highest BCUT2D eigenvalue weighted by Gasteiger charge is 2.19. The first-order valence-electron chi connectivity index (χ1n) is 14.2. The first-order valence-corrected chi connectivity index (χ1v) is 14.2. The molecule has 3 heterocycles. The molecule has 0 fully saturated rings. The molecule has 0 aliphatic heterocycles. The van der Waals surface area contributed by atoms with Gasteiger partial charge in [-0.05, 0) is 87.1 Å². The van der Waals surface area contributed by atoms with Crippen molar-refractivity contribution in [3.63, 3.8) is 0 Å². The van der Waals surface area contributed by atoms with Crippen molar-refractivity contribution in [3.05, 3.63) is 126 Å². The molecule has 3 aromatic heterocycles. The molecule has 0 radical (unpaired) electrons. The molecule has 6 aromatic rings. The summed E-state index contributed by atoms with van der Waals surface area (Å²) < 4.78 is 2.01. The number of pyridine rings is 1. The number of hydrogen-bond acceptors (Lipinski definition) is 6. The predicted molar refractivity (Wildman–Crippen MR) is 173 cm³/mol. The summed E-state index contributed by atoms with van der Waals surface area (Å²) in [6.07, 6.45) is 4.71. The van der Waals surface area contributed by atoms with Gasteiger partial charge in [0, 0.05) is 41.4 Å². The summed E-state index contributed by atoms with van der Waals surface area (Å²) in [7, 11) is 4.16. The molecule has 1 amide bonds. The Morgan fingerprint density at radius 2 is 1.70 bits per heavy atom. The number of carbonyl (C=O) groups is 1. The van der Waals surface area contributed by atoms with E-state index >= 15 is 0 Å². The Kier molecular flexibility index (Phi) is 7.93. The molecule has 0 bridgehead atoms. The number of hydrogen-bond donors (Lipinski definition) is 2. The van der Waals surface area contributed by atoms with Crippen molar-refractivity contribution >= 4 is 28.9 Å². The Morgan fingerprint density at radius 3 is 2.51 bits per heavy atom. The summed E-state index contributed by atoms with van der Waals surface area (Å²) in [6, 6.07) is 31.4. The molecule has 0 unspecified atom stereocenters. The van der Waals surface area contributed by atoms with Crippen LogP contribution in [0.3, 0.4) is 0 Å². The molecule has 0 aliphatic rings. The van der Waals surface area contributed by atoms with E-state index in [1.54, 1.807) is 6.20 Å². The molecule has 6 rings (SSSR count). The summed E-state index contributed by atoms with van der Waals surface area (Å²) in [5.41, 5.74) is 8.38. The van der Waals surface area contributed by atoms with Crippen LogP contribution in [0.25, 0.3) is 28.3 Å². The van der Waals surface area contributed by atoms with E-state index in [1.165, 1.54) is 5.56 Å². The van der Waals surface area contributed by atoms with Gasteiger partial charge in [0.2, 0.25) is 5.95 Å². The third-order valence-corrected chi connectivity index (χ3v) is 7.28. The van der Waals surface area contributed by atoms with Gasteiger partial charge in [0.15, 0.2) is 0 Å². The Hall–Kier alpha value is -5.34. The molecule has 8 nitrogen and oxygen atoms in total. The van der Waals surface area contributed by atoms with Crippen LogP contribution < -0.4 is 10.6 Å². The fraction of sp³-hybridized carbons (Fsp3) is 0.143. The lowest BCUT2D eigenvalue weighted by atomic mass is 10.0. The lowest BCUT2D eigenvalue weighted by Crippen LogP contribution is -2.14. The molecular weight excluding hydrogens is 534 g/mol. The van der Waals surface area contributed by atoms with E-state index in [-0.39, 0.29) is 5.91 Å². The van der Waals surface area contributed by atoms with Crippen LogP contribution in [0.5, 0.6) is 0 Å². The third-order valence-electron chi connectivity index (χ3n) is 7.28. The van der Waals surface area contributed by atoms with Gasteiger partial charge in [-0.1, -0.05) is 48.5 Å². The van der Waals surface area contributed by atoms with Gasteiger partial charge in [-0.25, -0.2) is 15.0 Å². The number of likely N-dealkylation sites (N-methyl/N-ethyl adjacent to an activating group) is 1. The molecule has 0 aliphatic carbocycles. The zero-order chi connectivity index (χ0) is 29.8. The highest BCUT2D eigenvalue weighted by Crippen LogP contribution is 2.33. The molecule has 0 saturated heterocycles. The number of amides is 1. The second-order valence-corrected chi connectivity index (χ2v) is 10.7. The van der Waals surface area contributed by atoms with Crippen LogP contribution in [0, 0.1) is 6.92 Å². The zero-order valence-corrected chi connectivity index (χ0v) is 24.5. The standard InChI is InChI=1S/C35H33N7O/c1-24-9-4-5-12-29(24)38-34(43)27-11-8-10-26(23-27)32-33(42-21-7-6-13-31(42)40-32)30-18-20-36-35(39-30)37-28-16-14-25(15-17-28)19-22-41(2)3/h4-18,20-21,23H,19,22H2,1-3H3,(H,38,43)(H,36,37,39). The Balaban J connectivity index is 1.32. The number of fused-ring (bicyclic) bond motifs is 1. The van der Waals surface area contributed by atoms with Gasteiger partial charge in [-0.3, -0.25) is 9.20 Å². The molecule has 8 heteroatoms. The number of benzene rings is 3. The topological polar surface area (TPSA) is 87.5 Å². The average molecular weight is 568 g/mol. The maximum Gasteiger partial charge on any atom is 0.255 e. The fourth-order valence-electron chi connectivity index (χ4n) is 4.94. The van der Waals surface area contributed by atoms with Crippen LogP contribution in [0.4, 0.5) is 17.3 Å². The van der Waals surface area contributed by atoms with E-state index < -0.39 is 0 Å². The van der Waals surface area contributed by atoms with Crippen molar-refractivity contribution in [2.24, 2.45) is 0 Å². The number of anilines is 3. The highest BCUT2D eigenvalue weighted by molar-refractivity contribution is 6.05. The van der Waals surface area contributed by atoms with Gasteiger partial charge in [-0.15, -0.1) is 0 Å². The number of aromatic nitrogens is 4. The van der Waals surface area contributed by atoms with Crippen molar-refractivity contribution < 1.29 is 4.79 Å². The van der Waals surface area contributed by atoms with E-state index in [0.717, 1.165) is 52.5 Å². The molecule has 3 aromatic carbocycles. The van der Waals surface area contributed by atoms with Crippen molar-refractivity contribution in [3.8, 4) is 22.6 Å². The van der Waals surface area contributed by atoms with Crippen LogP contribution in [0.15, 0.2) is 109 Å². The maximum atomic E-state index is 13.2. The molecule has 0 atom stereocenters. The van der Waals surface area contributed by atoms with Crippen molar-refractivity contribution in [1.29, 1.82) is 0 Å². The zero-order valence-electron chi connectivity index (χ0n) is 24.5. The minimum Gasteiger partial charge on any atom is -0.324 e. The Labute approximate surface area is 251 Å². The largest absolute Gasteiger partial charge is 0.324 e. The Bertz CT molecular complexity index is 1890. The fourth-order valence-corrected chi connectivity index (χ4v) is 4.94. The Morgan fingerprint density at radius 1 is 0.884 bits per heavy atom. The first-order chi connectivity index (χ1) is 20.9. The molecule has 2 N–H and O–H groups in total. The van der Waals surface area contributed by atoms with Gasteiger partial charge in [0.05, 0.1) is 17.1 Å². The lowest BCUT2D eigenvalue weighted by molar-refractivity contribution is 0.102. The van der Waals surface area contributed by atoms with E-state index in [9.17, 15) is 4.79 Å². The predicted octanol–water partition coefficient (Wildman–Crippen LogP) is 6.87. The highest BCUT2D eigenvalue weighted by atomic mass is 16.1. The number of carbonyl (C=O) groups excluding carboxylic acids is 1. The van der Waals surface area contributed by atoms with Gasteiger partial charge >= 0.3 is 0 Å². The molecule has 43 heavy (non-hydrogen) atoms. The summed E-state index contributed by atoms with van der Waals surface area (Å²) in [6.45, 7) is 2.97. The quantitative estimate of drug-likeness (QED) is 0.198. The monoisotopic (exact) mass is 567 g/mol. The normalized spacial score (nSPS) is 11.2.